The summed E-state index contributed by atoms with van der Waals surface area (Å²) in [6.07, 6.45) is 0. The summed E-state index contributed by atoms with van der Waals surface area (Å²) in [6, 6.07) is 17.1. The van der Waals surface area contributed by atoms with Crippen molar-refractivity contribution >= 4 is 17.5 Å². The highest BCUT2D eigenvalue weighted by molar-refractivity contribution is 5.92. The first-order valence-corrected chi connectivity index (χ1v) is 8.68. The summed E-state index contributed by atoms with van der Waals surface area (Å²) in [5.74, 6) is -0.204. The Balaban J connectivity index is 1.81. The van der Waals surface area contributed by atoms with Crippen LogP contribution in [0.15, 0.2) is 54.6 Å². The smallest absolute Gasteiger partial charge is 0.253 e. The molecule has 0 radical (unpaired) electrons. The minimum atomic E-state index is -0.760. The van der Waals surface area contributed by atoms with Crippen LogP contribution in [0.4, 0.5) is 5.69 Å². The molecule has 5 nitrogen and oxygen atoms in total. The second-order valence-electron chi connectivity index (χ2n) is 7.04. The van der Waals surface area contributed by atoms with Crippen LogP contribution in [0.1, 0.15) is 44.7 Å². The Kier molecular flexibility index (Phi) is 6.52. The summed E-state index contributed by atoms with van der Waals surface area (Å²) in [4.78, 5) is 29.4. The van der Waals surface area contributed by atoms with Crippen LogP contribution >= 0.6 is 0 Å². The number of hydroxylamine groups is 1. The fourth-order valence-electron chi connectivity index (χ4n) is 2.43. The Bertz CT molecular complexity index is 738. The highest BCUT2D eigenvalue weighted by Crippen LogP contribution is 2.22. The summed E-state index contributed by atoms with van der Waals surface area (Å²) >= 11 is 0. The highest BCUT2D eigenvalue weighted by atomic mass is 16.7. The molecule has 0 aliphatic carbocycles. The molecule has 0 saturated carbocycles. The molecule has 5 heteroatoms. The van der Waals surface area contributed by atoms with Crippen LogP contribution in [0.2, 0.25) is 0 Å². The van der Waals surface area contributed by atoms with Crippen molar-refractivity contribution in [3.05, 3.63) is 65.7 Å². The normalized spacial score (nSPS) is 11.3. The van der Waals surface area contributed by atoms with Crippen molar-refractivity contribution in [3.8, 4) is 0 Å². The largest absolute Gasteiger partial charge is 0.324 e. The summed E-state index contributed by atoms with van der Waals surface area (Å²) in [5.41, 5.74) is 4.37. The molecule has 0 fully saturated rings. The molecule has 0 heterocycles. The molecule has 0 atom stereocenters. The summed E-state index contributed by atoms with van der Waals surface area (Å²) in [5, 5.41) is 2.74. The van der Waals surface area contributed by atoms with E-state index in [1.807, 2.05) is 54.6 Å². The average Bonchev–Trinajstić information content (AvgIpc) is 2.62. The maximum absolute atomic E-state index is 12.3. The van der Waals surface area contributed by atoms with Crippen LogP contribution in [0, 0.1) is 0 Å². The number of benzene rings is 2. The van der Waals surface area contributed by atoms with E-state index in [2.05, 4.69) is 24.6 Å². The number of anilines is 1. The zero-order chi connectivity index (χ0) is 19.2. The van der Waals surface area contributed by atoms with E-state index in [1.54, 1.807) is 13.8 Å². The molecule has 0 saturated heterocycles. The molecule has 0 unspecified atom stereocenters. The van der Waals surface area contributed by atoms with Crippen LogP contribution in [-0.2, 0) is 19.8 Å². The van der Waals surface area contributed by atoms with Gasteiger partial charge in [0.1, 0.15) is 0 Å². The van der Waals surface area contributed by atoms with E-state index >= 15 is 0 Å². The van der Waals surface area contributed by atoms with Crippen molar-refractivity contribution in [2.75, 3.05) is 11.9 Å². The second-order valence-corrected chi connectivity index (χ2v) is 7.04. The van der Waals surface area contributed by atoms with Gasteiger partial charge < -0.3 is 5.32 Å². The van der Waals surface area contributed by atoms with Crippen molar-refractivity contribution in [3.63, 3.8) is 0 Å². The van der Waals surface area contributed by atoms with Gasteiger partial charge in [-0.15, -0.1) is 0 Å². The molecule has 138 valence electrons. The van der Waals surface area contributed by atoms with Gasteiger partial charge in [-0.25, -0.2) is 5.48 Å². The number of nitrogens with one attached hydrogen (secondary N) is 2. The second kappa shape index (κ2) is 8.63. The fourth-order valence-corrected chi connectivity index (χ4v) is 2.43. The van der Waals surface area contributed by atoms with Crippen molar-refractivity contribution < 1.29 is 14.4 Å². The first-order chi connectivity index (χ1) is 12.3. The number of carbonyl (C=O) groups excluding carboxylic acids is 2. The van der Waals surface area contributed by atoms with Gasteiger partial charge in [0.2, 0.25) is 0 Å². The predicted octanol–water partition coefficient (Wildman–Crippen LogP) is 3.77. The van der Waals surface area contributed by atoms with Gasteiger partial charge in [0.15, 0.2) is 6.61 Å². The standard InChI is InChI=1S/C21H26N2O3/c1-15(2)16-10-12-18(13-11-16)22-19(24)14-26-23-20(25)21(3,4)17-8-6-5-7-9-17/h5-13,15H,14H2,1-4H3,(H,22,24)(H,23,25). The number of amides is 2. The van der Waals surface area contributed by atoms with E-state index < -0.39 is 5.41 Å². The maximum atomic E-state index is 12.3. The van der Waals surface area contributed by atoms with Crippen LogP contribution < -0.4 is 10.8 Å². The lowest BCUT2D eigenvalue weighted by Crippen LogP contribution is -2.41. The predicted molar refractivity (Wildman–Crippen MR) is 103 cm³/mol. The summed E-state index contributed by atoms with van der Waals surface area (Å²) < 4.78 is 0. The lowest BCUT2D eigenvalue weighted by molar-refractivity contribution is -0.141. The van der Waals surface area contributed by atoms with Gasteiger partial charge in [-0.1, -0.05) is 56.3 Å². The molecule has 0 spiro atoms. The molecular weight excluding hydrogens is 328 g/mol. The van der Waals surface area contributed by atoms with Crippen molar-refractivity contribution in [2.24, 2.45) is 0 Å². The molecule has 0 bridgehead atoms. The fraction of sp³-hybridized carbons (Fsp3) is 0.333. The maximum Gasteiger partial charge on any atom is 0.253 e. The van der Waals surface area contributed by atoms with Crippen LogP contribution in [-0.4, -0.2) is 18.4 Å². The third-order valence-corrected chi connectivity index (χ3v) is 4.29. The van der Waals surface area contributed by atoms with Gasteiger partial charge in [0, 0.05) is 5.69 Å². The van der Waals surface area contributed by atoms with E-state index in [-0.39, 0.29) is 18.4 Å². The third-order valence-electron chi connectivity index (χ3n) is 4.29. The molecule has 26 heavy (non-hydrogen) atoms. The topological polar surface area (TPSA) is 67.4 Å². The van der Waals surface area contributed by atoms with Gasteiger partial charge in [-0.3, -0.25) is 14.4 Å². The summed E-state index contributed by atoms with van der Waals surface area (Å²) in [7, 11) is 0. The third kappa shape index (κ3) is 5.17. The first-order valence-electron chi connectivity index (χ1n) is 8.68. The Hall–Kier alpha value is -2.66. The van der Waals surface area contributed by atoms with Gasteiger partial charge in [-0.2, -0.15) is 0 Å². The number of hydrogen-bond donors (Lipinski definition) is 2. The minimum absolute atomic E-state index is 0.261. The summed E-state index contributed by atoms with van der Waals surface area (Å²) in [6.45, 7) is 7.57. The van der Waals surface area contributed by atoms with E-state index in [1.165, 1.54) is 5.56 Å². The van der Waals surface area contributed by atoms with Crippen molar-refractivity contribution in [1.29, 1.82) is 0 Å². The van der Waals surface area contributed by atoms with Crippen molar-refractivity contribution in [2.45, 2.75) is 39.0 Å². The monoisotopic (exact) mass is 354 g/mol. The highest BCUT2D eigenvalue weighted by Gasteiger charge is 2.29. The lowest BCUT2D eigenvalue weighted by atomic mass is 9.84. The van der Waals surface area contributed by atoms with E-state index in [0.717, 1.165) is 5.56 Å². The molecule has 2 amide bonds. The van der Waals surface area contributed by atoms with E-state index in [4.69, 9.17) is 4.84 Å². The zero-order valence-corrected chi connectivity index (χ0v) is 15.7. The van der Waals surface area contributed by atoms with Crippen molar-refractivity contribution in [1.82, 2.24) is 5.48 Å². The van der Waals surface area contributed by atoms with E-state index in [0.29, 0.717) is 11.6 Å². The van der Waals surface area contributed by atoms with Crippen LogP contribution in [0.5, 0.6) is 0 Å². The van der Waals surface area contributed by atoms with E-state index in [9.17, 15) is 9.59 Å². The van der Waals surface area contributed by atoms with Gasteiger partial charge in [0.25, 0.3) is 11.8 Å². The number of hydrogen-bond acceptors (Lipinski definition) is 3. The molecule has 2 aromatic rings. The Labute approximate surface area is 154 Å². The number of carbonyl (C=O) groups is 2. The zero-order valence-electron chi connectivity index (χ0n) is 15.7. The first kappa shape index (κ1) is 19.7. The van der Waals surface area contributed by atoms with Gasteiger partial charge in [0.05, 0.1) is 5.41 Å². The van der Waals surface area contributed by atoms with Gasteiger partial charge in [-0.05, 0) is 43.0 Å². The lowest BCUT2D eigenvalue weighted by Gasteiger charge is -2.23. The molecule has 0 aliphatic rings. The Morgan fingerprint density at radius 2 is 1.62 bits per heavy atom. The average molecular weight is 354 g/mol. The molecule has 0 aliphatic heterocycles. The van der Waals surface area contributed by atoms with Crippen LogP contribution in [0.25, 0.3) is 0 Å². The molecule has 2 N–H and O–H groups in total. The molecule has 2 rings (SSSR count). The SMILES string of the molecule is CC(C)c1ccc(NC(=O)CONC(=O)C(C)(C)c2ccccc2)cc1. The number of rotatable bonds is 7. The quantitative estimate of drug-likeness (QED) is 0.744. The molecular formula is C21H26N2O3. The minimum Gasteiger partial charge on any atom is -0.324 e. The molecule has 2 aromatic carbocycles. The Morgan fingerprint density at radius 1 is 1.00 bits per heavy atom. The molecule has 0 aromatic heterocycles. The Morgan fingerprint density at radius 3 is 2.19 bits per heavy atom. The van der Waals surface area contributed by atoms with Crippen LogP contribution in [0.3, 0.4) is 0 Å². The van der Waals surface area contributed by atoms with Gasteiger partial charge >= 0.3 is 0 Å².